The van der Waals surface area contributed by atoms with Crippen molar-refractivity contribution in [2.24, 2.45) is 11.5 Å². The number of nitrogens with one attached hydrogen (secondary N) is 1. The number of aliphatic hydroxyl groups is 1. The molecule has 1 unspecified atom stereocenters. The van der Waals surface area contributed by atoms with Crippen molar-refractivity contribution in [3.8, 4) is 0 Å². The van der Waals surface area contributed by atoms with Crippen LogP contribution in [0.25, 0.3) is 0 Å². The van der Waals surface area contributed by atoms with Crippen molar-refractivity contribution in [1.82, 2.24) is 15.1 Å². The first kappa shape index (κ1) is 27.0. The summed E-state index contributed by atoms with van der Waals surface area (Å²) in [6, 6.07) is -1.81. The molecular formula is C17H35N5O5. The van der Waals surface area contributed by atoms with E-state index in [0.29, 0.717) is 19.3 Å². The molecule has 0 saturated carbocycles. The molecule has 0 spiro atoms. The first-order valence-corrected chi connectivity index (χ1v) is 9.17. The van der Waals surface area contributed by atoms with E-state index in [0.717, 1.165) is 17.9 Å². The van der Waals surface area contributed by atoms with Gasteiger partial charge in [0, 0.05) is 13.1 Å². The maximum absolute atomic E-state index is 12.2. The van der Waals surface area contributed by atoms with Gasteiger partial charge in [0.15, 0.2) is 0 Å². The van der Waals surface area contributed by atoms with Crippen molar-refractivity contribution in [3.63, 3.8) is 0 Å². The van der Waals surface area contributed by atoms with Gasteiger partial charge in [-0.2, -0.15) is 0 Å². The van der Waals surface area contributed by atoms with Gasteiger partial charge >= 0.3 is 6.03 Å². The van der Waals surface area contributed by atoms with Crippen LogP contribution in [0.4, 0.5) is 4.79 Å². The Morgan fingerprint density at radius 2 is 1.63 bits per heavy atom. The quantitative estimate of drug-likeness (QED) is 0.345. The largest absolute Gasteiger partial charge is 0.391 e. The number of carbonyl (C=O) groups excluding carboxylic acids is 4. The van der Waals surface area contributed by atoms with E-state index in [9.17, 15) is 24.3 Å². The molecule has 0 aliphatic carbocycles. The molecule has 0 aliphatic rings. The number of primary amides is 1. The van der Waals surface area contributed by atoms with Gasteiger partial charge in [-0.05, 0) is 32.7 Å². The molecule has 0 bridgehead atoms. The molecule has 0 aliphatic heterocycles. The third-order valence-electron chi connectivity index (χ3n) is 3.33. The Balaban J connectivity index is 0. The van der Waals surface area contributed by atoms with E-state index in [4.69, 9.17) is 11.5 Å². The number of amides is 5. The van der Waals surface area contributed by atoms with Crippen molar-refractivity contribution >= 4 is 24.3 Å². The van der Waals surface area contributed by atoms with Gasteiger partial charge < -0.3 is 26.8 Å². The van der Waals surface area contributed by atoms with Gasteiger partial charge in [-0.3, -0.25) is 19.3 Å². The summed E-state index contributed by atoms with van der Waals surface area (Å²) in [4.78, 5) is 48.6. The number of rotatable bonds is 11. The predicted octanol–water partition coefficient (Wildman–Crippen LogP) is -0.607. The first-order valence-electron chi connectivity index (χ1n) is 9.17. The highest BCUT2D eigenvalue weighted by atomic mass is 16.3. The van der Waals surface area contributed by atoms with E-state index in [-0.39, 0.29) is 19.6 Å². The van der Waals surface area contributed by atoms with Crippen LogP contribution in [0.1, 0.15) is 47.0 Å². The van der Waals surface area contributed by atoms with Crippen LogP contribution < -0.4 is 16.8 Å². The number of hydrogen-bond donors (Lipinski definition) is 4. The van der Waals surface area contributed by atoms with Gasteiger partial charge in [0.25, 0.3) is 0 Å². The average molecular weight is 389 g/mol. The SMILES string of the molecule is CCCN.CCCN(C=O)C(=O)N(CCC)CC(=O)N[C@H](C(N)=O)C(C)O. The number of urea groups is 1. The molecule has 6 N–H and O–H groups in total. The summed E-state index contributed by atoms with van der Waals surface area (Å²) in [5, 5.41) is 11.7. The average Bonchev–Trinajstić information content (AvgIpc) is 2.62. The zero-order chi connectivity index (χ0) is 21.4. The van der Waals surface area contributed by atoms with Crippen molar-refractivity contribution in [2.45, 2.75) is 59.1 Å². The maximum Gasteiger partial charge on any atom is 0.326 e. The Bertz CT molecular complexity index is 457. The minimum absolute atomic E-state index is 0.252. The summed E-state index contributed by atoms with van der Waals surface area (Å²) in [5.74, 6) is -1.51. The van der Waals surface area contributed by atoms with Gasteiger partial charge in [0.1, 0.15) is 12.6 Å². The topological polar surface area (TPSA) is 159 Å². The molecule has 2 atom stereocenters. The zero-order valence-electron chi connectivity index (χ0n) is 16.8. The molecule has 0 saturated heterocycles. The number of aliphatic hydroxyl groups excluding tert-OH is 1. The highest BCUT2D eigenvalue weighted by Gasteiger charge is 2.26. The van der Waals surface area contributed by atoms with E-state index < -0.39 is 30.0 Å². The Kier molecular flexibility index (Phi) is 16.0. The summed E-state index contributed by atoms with van der Waals surface area (Å²) >= 11 is 0. The monoisotopic (exact) mass is 389 g/mol. The van der Waals surface area contributed by atoms with Gasteiger partial charge in [0.05, 0.1) is 6.10 Å². The minimum atomic E-state index is -1.24. The fraction of sp³-hybridized carbons (Fsp3) is 0.765. The molecular weight excluding hydrogens is 354 g/mol. The fourth-order valence-electron chi connectivity index (χ4n) is 1.95. The van der Waals surface area contributed by atoms with Crippen LogP contribution in [0.5, 0.6) is 0 Å². The third-order valence-corrected chi connectivity index (χ3v) is 3.33. The van der Waals surface area contributed by atoms with Gasteiger partial charge in [-0.25, -0.2) is 4.79 Å². The van der Waals surface area contributed by atoms with Gasteiger partial charge in [-0.1, -0.05) is 20.8 Å². The summed E-state index contributed by atoms with van der Waals surface area (Å²) in [5.41, 5.74) is 10.1. The predicted molar refractivity (Wildman–Crippen MR) is 102 cm³/mol. The molecule has 5 amide bonds. The van der Waals surface area contributed by atoms with Crippen LogP contribution in [0.3, 0.4) is 0 Å². The van der Waals surface area contributed by atoms with Crippen LogP contribution in [-0.4, -0.2) is 77.5 Å². The molecule has 0 fully saturated rings. The minimum Gasteiger partial charge on any atom is -0.391 e. The summed E-state index contributed by atoms with van der Waals surface area (Å²) in [6.07, 6.45) is 1.56. The Hall–Kier alpha value is -2.20. The second-order valence-electron chi connectivity index (χ2n) is 5.98. The highest BCUT2D eigenvalue weighted by Crippen LogP contribution is 2.01. The van der Waals surface area contributed by atoms with Crippen LogP contribution in [0.2, 0.25) is 0 Å². The van der Waals surface area contributed by atoms with E-state index in [1.54, 1.807) is 0 Å². The Labute approximate surface area is 161 Å². The summed E-state index contributed by atoms with van der Waals surface area (Å²) in [7, 11) is 0. The molecule has 0 aromatic carbocycles. The molecule has 0 rings (SSSR count). The lowest BCUT2D eigenvalue weighted by Gasteiger charge is -2.27. The molecule has 0 aromatic rings. The molecule has 10 nitrogen and oxygen atoms in total. The number of nitrogens with two attached hydrogens (primary N) is 2. The van der Waals surface area contributed by atoms with Crippen LogP contribution in [0, 0.1) is 0 Å². The number of imide groups is 1. The molecule has 0 aromatic heterocycles. The molecule has 0 radical (unpaired) electrons. The first-order chi connectivity index (χ1) is 12.7. The van der Waals surface area contributed by atoms with E-state index >= 15 is 0 Å². The third kappa shape index (κ3) is 11.9. The molecule has 10 heteroatoms. The fourth-order valence-corrected chi connectivity index (χ4v) is 1.95. The van der Waals surface area contributed by atoms with Crippen LogP contribution in [0.15, 0.2) is 0 Å². The molecule has 158 valence electrons. The standard InChI is InChI=1S/C14H26N4O5.C3H9N/c1-4-6-17(14(23)18(9-19)7-5-2)8-11(21)16-12(10(3)20)13(15)22;1-2-3-4/h9-10,12,20H,4-8H2,1-3H3,(H2,15,22)(H,16,21);2-4H2,1H3/t10?,12-;/m0./s1. The Morgan fingerprint density at radius 1 is 1.11 bits per heavy atom. The summed E-state index contributed by atoms with van der Waals surface area (Å²) < 4.78 is 0. The van der Waals surface area contributed by atoms with E-state index in [2.05, 4.69) is 12.2 Å². The van der Waals surface area contributed by atoms with Crippen molar-refractivity contribution < 1.29 is 24.3 Å². The smallest absolute Gasteiger partial charge is 0.326 e. The van der Waals surface area contributed by atoms with E-state index in [1.807, 2.05) is 13.8 Å². The zero-order valence-corrected chi connectivity index (χ0v) is 16.8. The van der Waals surface area contributed by atoms with Crippen molar-refractivity contribution in [2.75, 3.05) is 26.2 Å². The summed E-state index contributed by atoms with van der Waals surface area (Å²) in [6.45, 7) is 8.03. The number of hydrogen-bond acceptors (Lipinski definition) is 6. The second kappa shape index (κ2) is 16.0. The van der Waals surface area contributed by atoms with Crippen LogP contribution in [-0.2, 0) is 14.4 Å². The second-order valence-corrected chi connectivity index (χ2v) is 5.98. The van der Waals surface area contributed by atoms with E-state index in [1.165, 1.54) is 11.8 Å². The molecule has 27 heavy (non-hydrogen) atoms. The number of nitrogens with zero attached hydrogens (tertiary/aromatic N) is 2. The maximum atomic E-state index is 12.2. The number of carbonyl (C=O) groups is 4. The molecule has 0 heterocycles. The lowest BCUT2D eigenvalue weighted by atomic mass is 10.1. The van der Waals surface area contributed by atoms with Crippen molar-refractivity contribution in [3.05, 3.63) is 0 Å². The highest BCUT2D eigenvalue weighted by molar-refractivity contribution is 5.91. The lowest BCUT2D eigenvalue weighted by molar-refractivity contribution is -0.130. The van der Waals surface area contributed by atoms with Gasteiger partial charge in [0.2, 0.25) is 18.2 Å². The Morgan fingerprint density at radius 3 is 1.96 bits per heavy atom. The van der Waals surface area contributed by atoms with Crippen molar-refractivity contribution in [1.29, 1.82) is 0 Å². The lowest BCUT2D eigenvalue weighted by Crippen LogP contribution is -2.54. The normalized spacial score (nSPS) is 12.1. The van der Waals surface area contributed by atoms with Gasteiger partial charge in [-0.15, -0.1) is 0 Å². The van der Waals surface area contributed by atoms with Crippen LogP contribution >= 0.6 is 0 Å².